The number of hydrogen-bond acceptors (Lipinski definition) is 3. The lowest BCUT2D eigenvalue weighted by molar-refractivity contribution is 0.475. The summed E-state index contributed by atoms with van der Waals surface area (Å²) in [6.07, 6.45) is 1.62. The summed E-state index contributed by atoms with van der Waals surface area (Å²) in [6, 6.07) is 10.7. The summed E-state index contributed by atoms with van der Waals surface area (Å²) in [7, 11) is 1.95. The smallest absolute Gasteiger partial charge is 0.123 e. The quantitative estimate of drug-likeness (QED) is 0.846. The molecule has 0 fully saturated rings. The van der Waals surface area contributed by atoms with Crippen LogP contribution in [0.4, 0.5) is 5.69 Å². The third-order valence-corrected chi connectivity index (χ3v) is 2.93. The second-order valence-corrected chi connectivity index (χ2v) is 4.41. The van der Waals surface area contributed by atoms with Gasteiger partial charge in [-0.2, -0.15) is 0 Å². The highest BCUT2D eigenvalue weighted by Gasteiger charge is 2.13. The number of likely N-dealkylation sites (N-methyl/N-ethyl adjacent to an activating group) is 1. The monoisotopic (exact) mass is 251 g/mol. The van der Waals surface area contributed by atoms with Gasteiger partial charge in [0.2, 0.25) is 0 Å². The van der Waals surface area contributed by atoms with Crippen LogP contribution in [0.2, 0.25) is 0 Å². The SMILES string of the molecule is CN(CC(Cl)c1ccco1)c1ccc(O)cc1. The number of hydrogen-bond donors (Lipinski definition) is 1. The topological polar surface area (TPSA) is 36.6 Å². The highest BCUT2D eigenvalue weighted by atomic mass is 35.5. The molecule has 0 aliphatic carbocycles. The van der Waals surface area contributed by atoms with Crippen molar-refractivity contribution in [2.75, 3.05) is 18.5 Å². The van der Waals surface area contributed by atoms with Crippen molar-refractivity contribution < 1.29 is 9.52 Å². The molecule has 17 heavy (non-hydrogen) atoms. The van der Waals surface area contributed by atoms with E-state index >= 15 is 0 Å². The number of rotatable bonds is 4. The van der Waals surface area contributed by atoms with Gasteiger partial charge in [0.1, 0.15) is 16.9 Å². The molecule has 3 nitrogen and oxygen atoms in total. The molecule has 1 aromatic heterocycles. The molecular weight excluding hydrogens is 238 g/mol. The summed E-state index contributed by atoms with van der Waals surface area (Å²) >= 11 is 6.24. The van der Waals surface area contributed by atoms with Crippen LogP contribution in [-0.2, 0) is 0 Å². The number of phenolic OH excluding ortho intramolecular Hbond substituents is 1. The number of alkyl halides is 1. The van der Waals surface area contributed by atoms with Crippen LogP contribution in [0.3, 0.4) is 0 Å². The lowest BCUT2D eigenvalue weighted by Gasteiger charge is -2.21. The minimum Gasteiger partial charge on any atom is -0.508 e. The van der Waals surface area contributed by atoms with Crippen molar-refractivity contribution in [1.82, 2.24) is 0 Å². The van der Waals surface area contributed by atoms with Crippen molar-refractivity contribution in [1.29, 1.82) is 0 Å². The van der Waals surface area contributed by atoms with E-state index in [0.717, 1.165) is 11.4 Å². The standard InChI is InChI=1S/C13H14ClNO2/c1-15(10-4-6-11(16)7-5-10)9-12(14)13-3-2-8-17-13/h2-8,12,16H,9H2,1H3. The first kappa shape index (κ1) is 11.9. The van der Waals surface area contributed by atoms with Crippen LogP contribution in [0.15, 0.2) is 47.1 Å². The zero-order chi connectivity index (χ0) is 12.3. The van der Waals surface area contributed by atoms with Gasteiger partial charge in [0.25, 0.3) is 0 Å². The fourth-order valence-electron chi connectivity index (χ4n) is 1.61. The fourth-order valence-corrected chi connectivity index (χ4v) is 1.94. The van der Waals surface area contributed by atoms with Gasteiger partial charge in [-0.25, -0.2) is 0 Å². The van der Waals surface area contributed by atoms with E-state index in [1.165, 1.54) is 0 Å². The van der Waals surface area contributed by atoms with Crippen molar-refractivity contribution in [3.63, 3.8) is 0 Å². The predicted molar refractivity (Wildman–Crippen MR) is 68.7 cm³/mol. The molecule has 1 heterocycles. The van der Waals surface area contributed by atoms with Gasteiger partial charge in [-0.15, -0.1) is 11.6 Å². The van der Waals surface area contributed by atoms with E-state index in [4.69, 9.17) is 16.0 Å². The van der Waals surface area contributed by atoms with Crippen LogP contribution in [0.5, 0.6) is 5.75 Å². The molecule has 4 heteroatoms. The molecule has 1 unspecified atom stereocenters. The number of phenols is 1. The molecule has 1 N–H and O–H groups in total. The van der Waals surface area contributed by atoms with Crippen LogP contribution in [-0.4, -0.2) is 18.7 Å². The summed E-state index contributed by atoms with van der Waals surface area (Å²) in [6.45, 7) is 0.639. The van der Waals surface area contributed by atoms with Crippen LogP contribution in [0.1, 0.15) is 11.1 Å². The molecule has 1 aromatic carbocycles. The average Bonchev–Trinajstić information content (AvgIpc) is 2.83. The number of nitrogens with zero attached hydrogens (tertiary/aromatic N) is 1. The maximum absolute atomic E-state index is 9.21. The molecule has 0 radical (unpaired) electrons. The maximum atomic E-state index is 9.21. The summed E-state index contributed by atoms with van der Waals surface area (Å²) in [5.74, 6) is 1.02. The first-order valence-electron chi connectivity index (χ1n) is 5.34. The highest BCUT2D eigenvalue weighted by Crippen LogP contribution is 2.24. The minimum absolute atomic E-state index is 0.191. The third kappa shape index (κ3) is 2.94. The summed E-state index contributed by atoms with van der Waals surface area (Å²) < 4.78 is 5.25. The third-order valence-electron chi connectivity index (χ3n) is 2.58. The number of halogens is 1. The van der Waals surface area contributed by atoms with Crippen molar-refractivity contribution in [3.8, 4) is 5.75 Å². The van der Waals surface area contributed by atoms with Gasteiger partial charge in [0.05, 0.1) is 6.26 Å². The first-order valence-corrected chi connectivity index (χ1v) is 5.78. The maximum Gasteiger partial charge on any atom is 0.123 e. The van der Waals surface area contributed by atoms with E-state index in [-0.39, 0.29) is 11.1 Å². The van der Waals surface area contributed by atoms with Gasteiger partial charge in [0.15, 0.2) is 0 Å². The molecule has 90 valence electrons. The van der Waals surface area contributed by atoms with Gasteiger partial charge in [-0.1, -0.05) is 0 Å². The first-order chi connectivity index (χ1) is 8.16. The number of aromatic hydroxyl groups is 1. The van der Waals surface area contributed by atoms with Crippen LogP contribution in [0, 0.1) is 0 Å². The fraction of sp³-hybridized carbons (Fsp3) is 0.231. The zero-order valence-corrected chi connectivity index (χ0v) is 10.3. The zero-order valence-electron chi connectivity index (χ0n) is 9.51. The largest absolute Gasteiger partial charge is 0.508 e. The van der Waals surface area contributed by atoms with Crippen LogP contribution >= 0.6 is 11.6 Å². The molecule has 1 atom stereocenters. The number of benzene rings is 1. The van der Waals surface area contributed by atoms with Crippen molar-refractivity contribution in [2.24, 2.45) is 0 Å². The predicted octanol–water partition coefficient (Wildman–Crippen LogP) is 3.40. The van der Waals surface area contributed by atoms with E-state index in [1.54, 1.807) is 18.4 Å². The normalized spacial score (nSPS) is 12.4. The van der Waals surface area contributed by atoms with Gasteiger partial charge in [0, 0.05) is 19.3 Å². The molecule has 0 spiro atoms. The van der Waals surface area contributed by atoms with Gasteiger partial charge >= 0.3 is 0 Å². The molecule has 2 rings (SSSR count). The van der Waals surface area contributed by atoms with E-state index in [1.807, 2.05) is 36.2 Å². The van der Waals surface area contributed by atoms with Gasteiger partial charge in [-0.3, -0.25) is 0 Å². The van der Waals surface area contributed by atoms with Gasteiger partial charge < -0.3 is 14.4 Å². The Labute approximate surface area is 105 Å². The Balaban J connectivity index is 2.01. The van der Waals surface area contributed by atoms with Crippen LogP contribution in [0.25, 0.3) is 0 Å². The van der Waals surface area contributed by atoms with Crippen molar-refractivity contribution in [3.05, 3.63) is 48.4 Å². The van der Waals surface area contributed by atoms with E-state index in [0.29, 0.717) is 6.54 Å². The Hall–Kier alpha value is -1.61. The van der Waals surface area contributed by atoms with E-state index in [9.17, 15) is 5.11 Å². The van der Waals surface area contributed by atoms with E-state index < -0.39 is 0 Å². The lowest BCUT2D eigenvalue weighted by Crippen LogP contribution is -2.21. The Kier molecular flexibility index (Phi) is 3.59. The number of anilines is 1. The molecule has 0 amide bonds. The molecule has 0 saturated heterocycles. The summed E-state index contributed by atoms with van der Waals surface area (Å²) in [5.41, 5.74) is 1.00. The minimum atomic E-state index is -0.191. The highest BCUT2D eigenvalue weighted by molar-refractivity contribution is 6.20. The molecule has 0 aliphatic heterocycles. The van der Waals surface area contributed by atoms with Crippen molar-refractivity contribution >= 4 is 17.3 Å². The summed E-state index contributed by atoms with van der Waals surface area (Å²) in [5, 5.41) is 9.02. The van der Waals surface area contributed by atoms with Gasteiger partial charge in [-0.05, 0) is 36.4 Å². The van der Waals surface area contributed by atoms with Crippen LogP contribution < -0.4 is 4.90 Å². The Morgan fingerprint density at radius 3 is 2.59 bits per heavy atom. The molecular formula is C13H14ClNO2. The Bertz CT molecular complexity index is 453. The Morgan fingerprint density at radius 1 is 1.29 bits per heavy atom. The molecule has 0 aliphatic rings. The number of furan rings is 1. The second kappa shape index (κ2) is 5.15. The van der Waals surface area contributed by atoms with Crippen molar-refractivity contribution in [2.45, 2.75) is 5.38 Å². The Morgan fingerprint density at radius 2 is 2.00 bits per heavy atom. The molecule has 0 bridgehead atoms. The average molecular weight is 252 g/mol. The molecule has 0 saturated carbocycles. The van der Waals surface area contributed by atoms with E-state index in [2.05, 4.69) is 0 Å². The summed E-state index contributed by atoms with van der Waals surface area (Å²) in [4.78, 5) is 2.01. The molecule has 2 aromatic rings. The second-order valence-electron chi connectivity index (χ2n) is 3.88. The lowest BCUT2D eigenvalue weighted by atomic mass is 10.2.